The number of rotatable bonds is 4. The molecule has 1 heterocycles. The molecule has 262 valence electrons. The predicted octanol–water partition coefficient (Wildman–Crippen LogP) is 13.9. The number of phenols is 2. The van der Waals surface area contributed by atoms with Crippen molar-refractivity contribution in [1.29, 1.82) is 0 Å². The molecule has 0 radical (unpaired) electrons. The predicted molar refractivity (Wildman–Crippen MR) is 231 cm³/mol. The zero-order chi connectivity index (χ0) is 37.4. The Kier molecular flexibility index (Phi) is 7.47. The topological polar surface area (TPSA) is 53.4 Å². The van der Waals surface area contributed by atoms with E-state index in [1.807, 2.05) is 26.1 Å². The lowest BCUT2D eigenvalue weighted by Gasteiger charge is -2.22. The van der Waals surface area contributed by atoms with Crippen LogP contribution in [-0.4, -0.2) is 15.2 Å². The molecular formula is C52H37NO2. The number of fused-ring (bicyclic) bond motifs is 7. The Morgan fingerprint density at radius 3 is 1.71 bits per heavy atom. The van der Waals surface area contributed by atoms with Crippen molar-refractivity contribution in [2.24, 2.45) is 0 Å². The lowest BCUT2D eigenvalue weighted by Crippen LogP contribution is -1.97. The van der Waals surface area contributed by atoms with Crippen molar-refractivity contribution >= 4 is 53.9 Å². The van der Waals surface area contributed by atoms with Crippen LogP contribution in [0.4, 0.5) is 0 Å². The van der Waals surface area contributed by atoms with Gasteiger partial charge in [0.1, 0.15) is 11.5 Å². The number of benzene rings is 9. The van der Waals surface area contributed by atoms with Crippen molar-refractivity contribution in [1.82, 2.24) is 4.98 Å². The van der Waals surface area contributed by atoms with Crippen LogP contribution in [0.5, 0.6) is 11.5 Å². The van der Waals surface area contributed by atoms with E-state index in [1.165, 1.54) is 32.3 Å². The van der Waals surface area contributed by atoms with Gasteiger partial charge in [-0.1, -0.05) is 133 Å². The van der Waals surface area contributed by atoms with Crippen molar-refractivity contribution in [2.45, 2.75) is 20.8 Å². The van der Waals surface area contributed by atoms with E-state index >= 15 is 0 Å². The fraction of sp³-hybridized carbons (Fsp3) is 0.0577. The molecule has 0 spiro atoms. The van der Waals surface area contributed by atoms with Gasteiger partial charge in [-0.25, -0.2) is 0 Å². The van der Waals surface area contributed by atoms with Gasteiger partial charge in [0.15, 0.2) is 0 Å². The second kappa shape index (κ2) is 12.6. The van der Waals surface area contributed by atoms with E-state index < -0.39 is 0 Å². The highest BCUT2D eigenvalue weighted by Crippen LogP contribution is 2.50. The highest BCUT2D eigenvalue weighted by molar-refractivity contribution is 6.23. The van der Waals surface area contributed by atoms with Gasteiger partial charge in [0.05, 0.1) is 5.69 Å². The molecule has 0 aliphatic carbocycles. The van der Waals surface area contributed by atoms with Gasteiger partial charge < -0.3 is 10.2 Å². The summed E-state index contributed by atoms with van der Waals surface area (Å²) in [6.45, 7) is 5.68. The molecule has 0 fully saturated rings. The summed E-state index contributed by atoms with van der Waals surface area (Å²) < 4.78 is 0. The minimum absolute atomic E-state index is 0.0998. The fourth-order valence-electron chi connectivity index (χ4n) is 8.76. The summed E-state index contributed by atoms with van der Waals surface area (Å²) in [7, 11) is 0. The van der Waals surface area contributed by atoms with Gasteiger partial charge in [-0.2, -0.15) is 0 Å². The molecule has 2 N–H and O–H groups in total. The van der Waals surface area contributed by atoms with E-state index in [0.29, 0.717) is 5.56 Å². The normalized spacial score (nSPS) is 11.7. The Morgan fingerprint density at radius 1 is 0.364 bits per heavy atom. The first-order valence-corrected chi connectivity index (χ1v) is 18.7. The van der Waals surface area contributed by atoms with Crippen molar-refractivity contribution in [2.75, 3.05) is 0 Å². The molecule has 0 aliphatic rings. The molecule has 1 aromatic heterocycles. The number of hydrogen-bond donors (Lipinski definition) is 2. The summed E-state index contributed by atoms with van der Waals surface area (Å²) in [5, 5.41) is 34.2. The quantitative estimate of drug-likeness (QED) is 0.141. The molecule has 0 saturated carbocycles. The van der Waals surface area contributed by atoms with Gasteiger partial charge in [0, 0.05) is 34.0 Å². The maximum atomic E-state index is 11.8. The molecule has 55 heavy (non-hydrogen) atoms. The summed E-state index contributed by atoms with van der Waals surface area (Å²) in [4.78, 5) is 5.25. The van der Waals surface area contributed by atoms with Gasteiger partial charge in [-0.15, -0.1) is 0 Å². The highest BCUT2D eigenvalue weighted by atomic mass is 16.3. The van der Waals surface area contributed by atoms with Crippen LogP contribution in [0.25, 0.3) is 98.5 Å². The van der Waals surface area contributed by atoms with Crippen molar-refractivity contribution in [3.05, 3.63) is 175 Å². The summed E-state index contributed by atoms with van der Waals surface area (Å²) in [6, 6.07) is 53.8. The largest absolute Gasteiger partial charge is 0.507 e. The molecule has 3 heteroatoms. The Morgan fingerprint density at radius 2 is 0.964 bits per heavy atom. The average molecular weight is 708 g/mol. The third-order valence-corrected chi connectivity index (χ3v) is 11.7. The number of hydrogen-bond acceptors (Lipinski definition) is 3. The van der Waals surface area contributed by atoms with Gasteiger partial charge >= 0.3 is 0 Å². The van der Waals surface area contributed by atoms with Crippen molar-refractivity contribution in [3.63, 3.8) is 0 Å². The van der Waals surface area contributed by atoms with Gasteiger partial charge in [-0.05, 0) is 121 Å². The third-order valence-electron chi connectivity index (χ3n) is 11.7. The molecule has 0 aliphatic heterocycles. The van der Waals surface area contributed by atoms with Crippen LogP contribution in [0.1, 0.15) is 16.7 Å². The molecule has 0 atom stereocenters. The molecule has 9 aromatic carbocycles. The highest BCUT2D eigenvalue weighted by Gasteiger charge is 2.24. The standard InChI is InChI=1S/C52H37NO2/c1-30-31(2)51(54)32(3)52(55)48(30)50-42-20-12-11-19-41(42)49(43-25-22-35(27-46(43)50)33-13-5-4-6-14-33)47-26-23-36(29-53-47)44-28-45-37-16-8-7-15-34(37)21-24-40(45)38-17-9-10-18-39(38)44/h4-29,54-55H,1-3H3. The van der Waals surface area contributed by atoms with Crippen LogP contribution in [0.15, 0.2) is 158 Å². The maximum absolute atomic E-state index is 11.8. The number of phenolic OH excluding ortho intramolecular Hbond substituents is 2. The van der Waals surface area contributed by atoms with Gasteiger partial charge in [-0.3, -0.25) is 4.98 Å². The van der Waals surface area contributed by atoms with E-state index in [4.69, 9.17) is 4.98 Å². The monoisotopic (exact) mass is 707 g/mol. The number of aromatic hydroxyl groups is 2. The number of pyridine rings is 1. The smallest absolute Gasteiger partial charge is 0.130 e. The van der Waals surface area contributed by atoms with Crippen molar-refractivity contribution in [3.8, 4) is 56.1 Å². The maximum Gasteiger partial charge on any atom is 0.130 e. The van der Waals surface area contributed by atoms with Crippen LogP contribution in [0.2, 0.25) is 0 Å². The van der Waals surface area contributed by atoms with Crippen LogP contribution >= 0.6 is 0 Å². The summed E-state index contributed by atoms with van der Waals surface area (Å²) in [5.74, 6) is 0.230. The van der Waals surface area contributed by atoms with E-state index in [9.17, 15) is 10.2 Å². The minimum atomic E-state index is 0.0998. The molecule has 10 aromatic rings. The molecule has 0 unspecified atom stereocenters. The fourth-order valence-corrected chi connectivity index (χ4v) is 8.76. The Bertz CT molecular complexity index is 3150. The first kappa shape index (κ1) is 32.7. The lowest BCUT2D eigenvalue weighted by molar-refractivity contribution is 0.441. The first-order valence-electron chi connectivity index (χ1n) is 18.7. The molecule has 0 amide bonds. The van der Waals surface area contributed by atoms with Crippen LogP contribution < -0.4 is 0 Å². The van der Waals surface area contributed by atoms with Crippen LogP contribution in [0.3, 0.4) is 0 Å². The Balaban J connectivity index is 1.24. The zero-order valence-electron chi connectivity index (χ0n) is 30.9. The Hall–Kier alpha value is -6.97. The molecule has 0 bridgehead atoms. The Labute approximate surface area is 319 Å². The average Bonchev–Trinajstić information content (AvgIpc) is 3.24. The summed E-state index contributed by atoms with van der Waals surface area (Å²) in [6.07, 6.45) is 2.02. The van der Waals surface area contributed by atoms with Crippen LogP contribution in [-0.2, 0) is 0 Å². The third kappa shape index (κ3) is 5.01. The van der Waals surface area contributed by atoms with E-state index in [-0.39, 0.29) is 11.5 Å². The second-order valence-electron chi connectivity index (χ2n) is 14.7. The van der Waals surface area contributed by atoms with E-state index in [2.05, 4.69) is 146 Å². The zero-order valence-corrected chi connectivity index (χ0v) is 30.9. The molecular weight excluding hydrogens is 671 g/mol. The van der Waals surface area contributed by atoms with Crippen molar-refractivity contribution < 1.29 is 10.2 Å². The first-order chi connectivity index (χ1) is 26.9. The number of nitrogens with zero attached hydrogens (tertiary/aromatic N) is 1. The van der Waals surface area contributed by atoms with Gasteiger partial charge in [0.2, 0.25) is 0 Å². The molecule has 10 rings (SSSR count). The molecule has 3 nitrogen and oxygen atoms in total. The van der Waals surface area contributed by atoms with Gasteiger partial charge in [0.25, 0.3) is 0 Å². The SMILES string of the molecule is Cc1c(C)c(-c2c3ccccc3c(-c3ccc(-c4cc5c6ccccc6ccc5c5ccccc45)cn3)c3ccc(-c4ccccc4)cc23)c(O)c(C)c1O. The lowest BCUT2D eigenvalue weighted by atomic mass is 9.83. The summed E-state index contributed by atoms with van der Waals surface area (Å²) >= 11 is 0. The minimum Gasteiger partial charge on any atom is -0.507 e. The second-order valence-corrected chi connectivity index (χ2v) is 14.7. The molecule has 0 saturated heterocycles. The summed E-state index contributed by atoms with van der Waals surface area (Å²) in [5.41, 5.74) is 10.1. The van der Waals surface area contributed by atoms with Crippen LogP contribution in [0, 0.1) is 20.8 Å². The number of aromatic nitrogens is 1. The van der Waals surface area contributed by atoms with E-state index in [0.717, 1.165) is 77.3 Å². The van der Waals surface area contributed by atoms with E-state index in [1.54, 1.807) is 6.92 Å².